The molecular formula is C24H49. The lowest BCUT2D eigenvalue weighted by Crippen LogP contribution is -1.99. The maximum Gasteiger partial charge on any atom is -0.0241 e. The van der Waals surface area contributed by atoms with Gasteiger partial charge in [-0.15, -0.1) is 0 Å². The fraction of sp³-hybridized carbons (Fsp3) is 0.958. The molecule has 0 heterocycles. The number of hydrogen-bond acceptors (Lipinski definition) is 0. The first-order valence-electron chi connectivity index (χ1n) is 11.7. The first kappa shape index (κ1) is 24.0. The Morgan fingerprint density at radius 1 is 0.333 bits per heavy atom. The quantitative estimate of drug-likeness (QED) is 0.194. The van der Waals surface area contributed by atoms with Crippen molar-refractivity contribution in [2.24, 2.45) is 0 Å². The van der Waals surface area contributed by atoms with Crippen molar-refractivity contribution in [2.75, 3.05) is 0 Å². The summed E-state index contributed by atoms with van der Waals surface area (Å²) in [7, 11) is 0. The zero-order chi connectivity index (χ0) is 17.7. The summed E-state index contributed by atoms with van der Waals surface area (Å²) in [4.78, 5) is 0. The van der Waals surface area contributed by atoms with E-state index >= 15 is 0 Å². The minimum Gasteiger partial charge on any atom is -0.0654 e. The summed E-state index contributed by atoms with van der Waals surface area (Å²) in [6.07, 6.45) is 28.8. The van der Waals surface area contributed by atoms with Gasteiger partial charge in [0.15, 0.2) is 0 Å². The van der Waals surface area contributed by atoms with Gasteiger partial charge in [0.1, 0.15) is 0 Å². The molecule has 0 aliphatic rings. The third-order valence-electron chi connectivity index (χ3n) is 5.40. The molecule has 0 bridgehead atoms. The highest BCUT2D eigenvalue weighted by atomic mass is 14.1. The van der Waals surface area contributed by atoms with E-state index in [0.29, 0.717) is 0 Å². The molecule has 1 radical (unpaired) electrons. The second-order valence-corrected chi connectivity index (χ2v) is 7.95. The molecule has 0 unspecified atom stereocenters. The van der Waals surface area contributed by atoms with Crippen LogP contribution in [0, 0.1) is 5.92 Å². The molecule has 0 aromatic rings. The Bertz CT molecular complexity index is 196. The van der Waals surface area contributed by atoms with Crippen LogP contribution in [0.5, 0.6) is 0 Å². The Kier molecular flexibility index (Phi) is 21.0. The van der Waals surface area contributed by atoms with Gasteiger partial charge in [0.2, 0.25) is 0 Å². The lowest BCUT2D eigenvalue weighted by molar-refractivity contribution is 0.516. The van der Waals surface area contributed by atoms with Gasteiger partial charge >= 0.3 is 0 Å². The van der Waals surface area contributed by atoms with Crippen LogP contribution in [0.15, 0.2) is 0 Å². The van der Waals surface area contributed by atoms with Gasteiger partial charge in [-0.3, -0.25) is 0 Å². The van der Waals surface area contributed by atoms with Crippen molar-refractivity contribution in [2.45, 2.75) is 149 Å². The van der Waals surface area contributed by atoms with E-state index in [9.17, 15) is 0 Å². The average molecular weight is 338 g/mol. The van der Waals surface area contributed by atoms with Crippen LogP contribution in [-0.4, -0.2) is 0 Å². The van der Waals surface area contributed by atoms with Crippen molar-refractivity contribution in [1.82, 2.24) is 0 Å². The average Bonchev–Trinajstić information content (AvgIpc) is 2.60. The summed E-state index contributed by atoms with van der Waals surface area (Å²) in [6.45, 7) is 6.94. The Labute approximate surface area is 155 Å². The van der Waals surface area contributed by atoms with E-state index in [0.717, 1.165) is 0 Å². The molecule has 0 amide bonds. The van der Waals surface area contributed by atoms with Crippen molar-refractivity contribution < 1.29 is 0 Å². The fourth-order valence-electron chi connectivity index (χ4n) is 3.66. The normalized spacial score (nSPS) is 11.5. The Morgan fingerprint density at radius 2 is 0.583 bits per heavy atom. The van der Waals surface area contributed by atoms with Crippen LogP contribution in [0.2, 0.25) is 0 Å². The second kappa shape index (κ2) is 21.0. The van der Waals surface area contributed by atoms with Crippen LogP contribution in [0.25, 0.3) is 0 Å². The van der Waals surface area contributed by atoms with Gasteiger partial charge < -0.3 is 0 Å². The first-order valence-corrected chi connectivity index (χ1v) is 11.7. The minimum absolute atomic E-state index is 1.37. The first-order chi connectivity index (χ1) is 11.8. The lowest BCUT2D eigenvalue weighted by Gasteiger charge is -2.16. The summed E-state index contributed by atoms with van der Waals surface area (Å²) in [6, 6.07) is 0. The third-order valence-corrected chi connectivity index (χ3v) is 5.40. The highest BCUT2D eigenvalue weighted by molar-refractivity contribution is 4.89. The summed E-state index contributed by atoms with van der Waals surface area (Å²) in [5.74, 6) is 1.91. The summed E-state index contributed by atoms with van der Waals surface area (Å²) in [5.41, 5.74) is 0. The summed E-state index contributed by atoms with van der Waals surface area (Å²) >= 11 is 0. The summed E-state index contributed by atoms with van der Waals surface area (Å²) in [5, 5.41) is 0. The maximum absolute atomic E-state index is 2.32. The van der Waals surface area contributed by atoms with E-state index in [-0.39, 0.29) is 0 Å². The van der Waals surface area contributed by atoms with Gasteiger partial charge in [-0.1, -0.05) is 130 Å². The second-order valence-electron chi connectivity index (χ2n) is 7.95. The largest absolute Gasteiger partial charge is 0.0654 e. The predicted molar refractivity (Wildman–Crippen MR) is 113 cm³/mol. The van der Waals surface area contributed by atoms with Crippen LogP contribution in [-0.2, 0) is 0 Å². The van der Waals surface area contributed by atoms with E-state index in [2.05, 4.69) is 20.8 Å². The van der Waals surface area contributed by atoms with Gasteiger partial charge in [0.05, 0.1) is 0 Å². The third kappa shape index (κ3) is 18.3. The van der Waals surface area contributed by atoms with E-state index < -0.39 is 0 Å². The van der Waals surface area contributed by atoms with Gasteiger partial charge in [-0.25, -0.2) is 0 Å². The van der Waals surface area contributed by atoms with E-state index in [1.165, 1.54) is 128 Å². The van der Waals surface area contributed by atoms with Crippen LogP contribution >= 0.6 is 0 Å². The Morgan fingerprint density at radius 3 is 0.917 bits per heavy atom. The van der Waals surface area contributed by atoms with E-state index in [1.54, 1.807) is 0 Å². The monoisotopic (exact) mass is 337 g/mol. The molecule has 0 saturated heterocycles. The zero-order valence-electron chi connectivity index (χ0n) is 17.6. The minimum atomic E-state index is 1.37. The molecule has 0 spiro atoms. The molecule has 0 saturated carbocycles. The summed E-state index contributed by atoms with van der Waals surface area (Å²) < 4.78 is 0. The molecule has 145 valence electrons. The molecule has 0 aromatic carbocycles. The molecule has 0 aromatic heterocycles. The topological polar surface area (TPSA) is 0 Å². The van der Waals surface area contributed by atoms with Crippen LogP contribution in [0.3, 0.4) is 0 Å². The molecule has 24 heavy (non-hydrogen) atoms. The van der Waals surface area contributed by atoms with Crippen LogP contribution in [0.1, 0.15) is 149 Å². The van der Waals surface area contributed by atoms with Gasteiger partial charge in [0, 0.05) is 0 Å². The standard InChI is InChI=1S/C24H49/c1-4-7-10-13-14-15-16-17-20-23-24(21-18-11-8-5-2)22-19-12-9-6-3/h4-23H2,1-3H3. The van der Waals surface area contributed by atoms with Gasteiger partial charge in [-0.05, 0) is 25.2 Å². The number of hydrogen-bond donors (Lipinski definition) is 0. The number of rotatable bonds is 20. The van der Waals surface area contributed by atoms with Crippen LogP contribution in [0.4, 0.5) is 0 Å². The molecule has 0 rings (SSSR count). The molecule has 0 fully saturated rings. The lowest BCUT2D eigenvalue weighted by atomic mass is 9.89. The van der Waals surface area contributed by atoms with E-state index in [4.69, 9.17) is 0 Å². The Balaban J connectivity index is 3.62. The van der Waals surface area contributed by atoms with Crippen molar-refractivity contribution in [3.05, 3.63) is 5.92 Å². The molecule has 0 N–H and O–H groups in total. The van der Waals surface area contributed by atoms with Crippen molar-refractivity contribution in [3.63, 3.8) is 0 Å². The molecule has 0 nitrogen and oxygen atoms in total. The molecular weight excluding hydrogens is 288 g/mol. The molecule has 0 aliphatic carbocycles. The SMILES string of the molecule is CCCCCCCCCCC[C](CCCCCC)CCCCCC. The van der Waals surface area contributed by atoms with Crippen molar-refractivity contribution >= 4 is 0 Å². The van der Waals surface area contributed by atoms with Crippen molar-refractivity contribution in [1.29, 1.82) is 0 Å². The van der Waals surface area contributed by atoms with Crippen molar-refractivity contribution in [3.8, 4) is 0 Å². The number of unbranched alkanes of at least 4 members (excludes halogenated alkanes) is 14. The maximum atomic E-state index is 2.32. The van der Waals surface area contributed by atoms with Gasteiger partial charge in [-0.2, -0.15) is 0 Å². The highest BCUT2D eigenvalue weighted by Gasteiger charge is 2.09. The Hall–Kier alpha value is 0. The molecule has 0 heteroatoms. The van der Waals surface area contributed by atoms with Crippen LogP contribution < -0.4 is 0 Å². The highest BCUT2D eigenvalue weighted by Crippen LogP contribution is 2.26. The smallest absolute Gasteiger partial charge is 0.0241 e. The molecule has 0 atom stereocenters. The molecule has 0 aliphatic heterocycles. The zero-order valence-corrected chi connectivity index (χ0v) is 17.6. The predicted octanol–water partition coefficient (Wildman–Crippen LogP) is 9.42. The fourth-order valence-corrected chi connectivity index (χ4v) is 3.66. The van der Waals surface area contributed by atoms with E-state index in [1.807, 2.05) is 5.92 Å². The van der Waals surface area contributed by atoms with Gasteiger partial charge in [0.25, 0.3) is 0 Å².